The number of aromatic nitrogens is 1. The van der Waals surface area contributed by atoms with Gasteiger partial charge >= 0.3 is 10.1 Å². The van der Waals surface area contributed by atoms with Crippen LogP contribution in [0.25, 0.3) is 10.9 Å². The molecule has 6 heteroatoms. The van der Waals surface area contributed by atoms with Gasteiger partial charge in [0.05, 0.1) is 5.75 Å². The van der Waals surface area contributed by atoms with Gasteiger partial charge < -0.3 is 14.1 Å². The van der Waals surface area contributed by atoms with Crippen LogP contribution >= 0.6 is 0 Å². The van der Waals surface area contributed by atoms with Crippen molar-refractivity contribution < 1.29 is 12.6 Å². The van der Waals surface area contributed by atoms with Crippen LogP contribution in [0, 0.1) is 0 Å². The van der Waals surface area contributed by atoms with Crippen LogP contribution in [0.3, 0.4) is 0 Å². The minimum Gasteiger partial charge on any atom is -0.382 e. The molecule has 1 heterocycles. The molecule has 0 bridgehead atoms. The number of fused-ring (bicyclic) bond motifs is 1. The summed E-state index contributed by atoms with van der Waals surface area (Å²) in [5, 5.41) is 1.16. The van der Waals surface area contributed by atoms with Crippen LogP contribution in [0.5, 0.6) is 5.75 Å². The maximum absolute atomic E-state index is 12.2. The summed E-state index contributed by atoms with van der Waals surface area (Å²) < 4.78 is 29.5. The van der Waals surface area contributed by atoms with Gasteiger partial charge in [-0.1, -0.05) is 24.3 Å². The monoisotopic (exact) mass is 372 g/mol. The van der Waals surface area contributed by atoms with E-state index in [1.165, 1.54) is 5.56 Å². The third-order valence-corrected chi connectivity index (χ3v) is 5.42. The number of aromatic amines is 1. The summed E-state index contributed by atoms with van der Waals surface area (Å²) in [6, 6.07) is 14.6. The zero-order valence-corrected chi connectivity index (χ0v) is 15.9. The van der Waals surface area contributed by atoms with Gasteiger partial charge in [0.15, 0.2) is 0 Å². The molecule has 0 unspecified atom stereocenters. The molecular weight excluding hydrogens is 348 g/mol. The van der Waals surface area contributed by atoms with Crippen molar-refractivity contribution in [3.63, 3.8) is 0 Å². The fourth-order valence-electron chi connectivity index (χ4n) is 2.84. The van der Waals surface area contributed by atoms with Crippen molar-refractivity contribution in [2.75, 3.05) is 26.4 Å². The quantitative estimate of drug-likeness (QED) is 0.617. The lowest BCUT2D eigenvalue weighted by molar-refractivity contribution is 0.414. The van der Waals surface area contributed by atoms with Crippen LogP contribution in [-0.4, -0.2) is 44.7 Å². The first-order valence-corrected chi connectivity index (χ1v) is 10.2. The highest BCUT2D eigenvalue weighted by Crippen LogP contribution is 2.21. The van der Waals surface area contributed by atoms with Crippen LogP contribution in [0.2, 0.25) is 0 Å². The lowest BCUT2D eigenvalue weighted by Crippen LogP contribution is -2.15. The van der Waals surface area contributed by atoms with Gasteiger partial charge in [-0.15, -0.1) is 0 Å². The van der Waals surface area contributed by atoms with Crippen molar-refractivity contribution in [1.82, 2.24) is 9.88 Å². The highest BCUT2D eigenvalue weighted by Gasteiger charge is 2.14. The number of nitrogens with zero attached hydrogens (tertiary/aromatic N) is 1. The summed E-state index contributed by atoms with van der Waals surface area (Å²) >= 11 is 0. The molecule has 0 amide bonds. The Labute approximate surface area is 154 Å². The molecule has 0 saturated heterocycles. The first-order valence-electron chi connectivity index (χ1n) is 8.64. The van der Waals surface area contributed by atoms with E-state index >= 15 is 0 Å². The average Bonchev–Trinajstić information content (AvgIpc) is 3.01. The molecular formula is C20H24N2O3S. The molecule has 0 atom stereocenters. The van der Waals surface area contributed by atoms with Crippen molar-refractivity contribution in [3.8, 4) is 5.75 Å². The van der Waals surface area contributed by atoms with Gasteiger partial charge in [-0.05, 0) is 62.3 Å². The Morgan fingerprint density at radius 3 is 2.54 bits per heavy atom. The van der Waals surface area contributed by atoms with E-state index in [0.717, 1.165) is 29.4 Å². The van der Waals surface area contributed by atoms with Gasteiger partial charge in [-0.3, -0.25) is 0 Å². The fourth-order valence-corrected chi connectivity index (χ4v) is 3.81. The second kappa shape index (κ2) is 7.93. The Bertz CT molecular complexity index is 963. The second-order valence-electron chi connectivity index (χ2n) is 6.66. The molecule has 3 rings (SSSR count). The number of hydrogen-bond donors (Lipinski definition) is 1. The van der Waals surface area contributed by atoms with Crippen molar-refractivity contribution in [2.24, 2.45) is 0 Å². The Morgan fingerprint density at radius 2 is 1.81 bits per heavy atom. The summed E-state index contributed by atoms with van der Waals surface area (Å²) in [6.45, 7) is 0.969. The molecule has 0 aliphatic carbocycles. The molecule has 0 fully saturated rings. The normalized spacial score (nSPS) is 12.0. The molecule has 1 aromatic heterocycles. The van der Waals surface area contributed by atoms with E-state index in [1.807, 2.05) is 24.4 Å². The maximum Gasteiger partial charge on any atom is 0.309 e. The zero-order chi connectivity index (χ0) is 18.6. The van der Waals surface area contributed by atoms with Crippen LogP contribution in [0.1, 0.15) is 11.1 Å². The summed E-state index contributed by atoms with van der Waals surface area (Å²) in [5.74, 6) is 0.296. The van der Waals surface area contributed by atoms with Gasteiger partial charge in [0.1, 0.15) is 5.75 Å². The molecule has 3 aromatic rings. The number of para-hydroxylation sites is 1. The van der Waals surface area contributed by atoms with Crippen molar-refractivity contribution in [1.29, 1.82) is 0 Å². The number of nitrogens with one attached hydrogen (secondary N) is 1. The number of rotatable bonds is 8. The Hall–Kier alpha value is -2.31. The standard InChI is InChI=1S/C20H24N2O3S/c1-22(2)12-10-17-15-21-20-9-8-16(14-19(17)20)11-13-26(23,24)25-18-6-4-3-5-7-18/h3-9,14-15,21H,10-13H2,1-2H3. The van der Waals surface area contributed by atoms with E-state index in [0.29, 0.717) is 12.2 Å². The molecule has 0 aliphatic heterocycles. The van der Waals surface area contributed by atoms with E-state index in [-0.39, 0.29) is 5.75 Å². The third-order valence-electron chi connectivity index (χ3n) is 4.27. The minimum absolute atomic E-state index is 0.0507. The van der Waals surface area contributed by atoms with Crippen LogP contribution in [-0.2, 0) is 23.0 Å². The topological polar surface area (TPSA) is 62.4 Å². The van der Waals surface area contributed by atoms with Crippen LogP contribution < -0.4 is 4.18 Å². The van der Waals surface area contributed by atoms with E-state index in [9.17, 15) is 8.42 Å². The van der Waals surface area contributed by atoms with E-state index in [2.05, 4.69) is 30.0 Å². The van der Waals surface area contributed by atoms with E-state index in [4.69, 9.17) is 4.18 Å². The number of H-pyrrole nitrogens is 1. The summed E-state index contributed by atoms with van der Waals surface area (Å²) in [5.41, 5.74) is 3.31. The van der Waals surface area contributed by atoms with Crippen molar-refractivity contribution in [3.05, 3.63) is 65.9 Å². The number of benzene rings is 2. The lowest BCUT2D eigenvalue weighted by atomic mass is 10.1. The van der Waals surface area contributed by atoms with Gasteiger partial charge in [0.25, 0.3) is 0 Å². The molecule has 0 saturated carbocycles. The molecule has 5 nitrogen and oxygen atoms in total. The van der Waals surface area contributed by atoms with Gasteiger partial charge in [-0.25, -0.2) is 0 Å². The van der Waals surface area contributed by atoms with Crippen molar-refractivity contribution in [2.45, 2.75) is 12.8 Å². The van der Waals surface area contributed by atoms with Gasteiger partial charge in [0.2, 0.25) is 0 Å². The highest BCUT2D eigenvalue weighted by molar-refractivity contribution is 7.87. The molecule has 138 valence electrons. The fraction of sp³-hybridized carbons (Fsp3) is 0.300. The second-order valence-corrected chi connectivity index (χ2v) is 8.35. The number of aryl methyl sites for hydroxylation is 1. The van der Waals surface area contributed by atoms with Crippen molar-refractivity contribution >= 4 is 21.0 Å². The molecule has 1 N–H and O–H groups in total. The number of hydrogen-bond acceptors (Lipinski definition) is 4. The maximum atomic E-state index is 12.2. The lowest BCUT2D eigenvalue weighted by Gasteiger charge is -2.09. The third kappa shape index (κ3) is 4.86. The summed E-state index contributed by atoms with van der Waals surface area (Å²) in [4.78, 5) is 5.43. The first-order chi connectivity index (χ1) is 12.4. The molecule has 2 aromatic carbocycles. The predicted octanol–water partition coefficient (Wildman–Crippen LogP) is 3.22. The first kappa shape index (κ1) is 18.5. The number of likely N-dealkylation sites (N-methyl/N-ethyl adjacent to an activating group) is 1. The molecule has 26 heavy (non-hydrogen) atoms. The summed E-state index contributed by atoms with van der Waals surface area (Å²) in [6.07, 6.45) is 3.41. The summed E-state index contributed by atoms with van der Waals surface area (Å²) in [7, 11) is 0.488. The van der Waals surface area contributed by atoms with Gasteiger partial charge in [-0.2, -0.15) is 8.42 Å². The molecule has 0 spiro atoms. The molecule has 0 radical (unpaired) electrons. The minimum atomic E-state index is -3.62. The van der Waals surface area contributed by atoms with E-state index < -0.39 is 10.1 Å². The predicted molar refractivity (Wildman–Crippen MR) is 105 cm³/mol. The van der Waals surface area contributed by atoms with Crippen LogP contribution in [0.15, 0.2) is 54.7 Å². The largest absolute Gasteiger partial charge is 0.382 e. The zero-order valence-electron chi connectivity index (χ0n) is 15.1. The average molecular weight is 372 g/mol. The van der Waals surface area contributed by atoms with Gasteiger partial charge in [0, 0.05) is 23.6 Å². The van der Waals surface area contributed by atoms with E-state index in [1.54, 1.807) is 24.3 Å². The smallest absolute Gasteiger partial charge is 0.309 e. The Kier molecular flexibility index (Phi) is 5.64. The Morgan fingerprint density at radius 1 is 1.04 bits per heavy atom. The van der Waals surface area contributed by atoms with Crippen LogP contribution in [0.4, 0.5) is 0 Å². The molecule has 0 aliphatic rings. The SMILES string of the molecule is CN(C)CCc1c[nH]c2ccc(CCS(=O)(=O)Oc3ccccc3)cc12. The Balaban J connectivity index is 1.69. The highest BCUT2D eigenvalue weighted by atomic mass is 32.2.